The predicted molar refractivity (Wildman–Crippen MR) is 68.4 cm³/mol. The van der Waals surface area contributed by atoms with Gasteiger partial charge in [0.1, 0.15) is 0 Å². The van der Waals surface area contributed by atoms with Gasteiger partial charge >= 0.3 is 13.2 Å². The Hall–Kier alpha value is -1.01. The lowest BCUT2D eigenvalue weighted by Crippen LogP contribution is -2.41. The van der Waals surface area contributed by atoms with Gasteiger partial charge in [0.25, 0.3) is 0 Å². The van der Waals surface area contributed by atoms with Crippen molar-refractivity contribution < 1.29 is 19.2 Å². The fraction of sp³-hybridized carbons (Fsp3) is 0.750. The number of nitrogens with zero attached hydrogens (tertiary/aromatic N) is 1. The van der Waals surface area contributed by atoms with Gasteiger partial charge in [-0.3, -0.25) is 0 Å². The van der Waals surface area contributed by atoms with E-state index < -0.39 is 6.09 Å². The van der Waals surface area contributed by atoms with Crippen LogP contribution >= 0.6 is 0 Å². The zero-order valence-electron chi connectivity index (χ0n) is 11.4. The molecule has 0 aromatic heterocycles. The molecule has 0 aromatic carbocycles. The molecule has 6 heteroatoms. The second kappa shape index (κ2) is 4.28. The molecule has 100 valence electrons. The molecule has 2 aliphatic heterocycles. The van der Waals surface area contributed by atoms with Gasteiger partial charge in [0.2, 0.25) is 0 Å². The van der Waals surface area contributed by atoms with Gasteiger partial charge in [-0.15, -0.1) is 0 Å². The highest BCUT2D eigenvalue weighted by atomic mass is 16.7. The number of carboxylic acid groups (broad SMARTS) is 1. The molecule has 0 saturated carbocycles. The van der Waals surface area contributed by atoms with E-state index in [0.29, 0.717) is 13.1 Å². The Morgan fingerprint density at radius 3 is 2.33 bits per heavy atom. The molecule has 2 aliphatic rings. The van der Waals surface area contributed by atoms with E-state index in [9.17, 15) is 4.79 Å². The Labute approximate surface area is 108 Å². The molecular weight excluding hydrogens is 233 g/mol. The van der Waals surface area contributed by atoms with Crippen LogP contribution in [0.3, 0.4) is 0 Å². The lowest BCUT2D eigenvalue weighted by Gasteiger charge is -2.32. The van der Waals surface area contributed by atoms with Crippen molar-refractivity contribution >= 4 is 13.2 Å². The molecule has 0 radical (unpaired) electrons. The SMILES string of the molecule is CC1(C)OB(/C=C2/CCN(C(=O)O)C2)OC1(C)C. The van der Waals surface area contributed by atoms with Crippen LogP contribution in [0.5, 0.6) is 0 Å². The molecular formula is C12H20BNO4. The van der Waals surface area contributed by atoms with Crippen LogP contribution in [0.1, 0.15) is 34.1 Å². The monoisotopic (exact) mass is 253 g/mol. The maximum absolute atomic E-state index is 10.8. The third-order valence-corrected chi connectivity index (χ3v) is 4.01. The highest BCUT2D eigenvalue weighted by Gasteiger charge is 2.50. The summed E-state index contributed by atoms with van der Waals surface area (Å²) in [6, 6.07) is 0. The van der Waals surface area contributed by atoms with Crippen LogP contribution < -0.4 is 0 Å². The van der Waals surface area contributed by atoms with Crippen molar-refractivity contribution in [3.63, 3.8) is 0 Å². The van der Waals surface area contributed by atoms with Gasteiger partial charge in [-0.1, -0.05) is 11.5 Å². The molecule has 0 unspecified atom stereocenters. The van der Waals surface area contributed by atoms with Crippen LogP contribution in [0.15, 0.2) is 11.5 Å². The molecule has 0 aliphatic carbocycles. The minimum absolute atomic E-state index is 0.347. The molecule has 0 spiro atoms. The van der Waals surface area contributed by atoms with Gasteiger partial charge < -0.3 is 19.3 Å². The molecule has 0 bridgehead atoms. The van der Waals surface area contributed by atoms with Crippen molar-refractivity contribution in [2.24, 2.45) is 0 Å². The average molecular weight is 253 g/mol. The summed E-state index contributed by atoms with van der Waals surface area (Å²) >= 11 is 0. The van der Waals surface area contributed by atoms with Gasteiger partial charge in [0.15, 0.2) is 0 Å². The molecule has 2 rings (SSSR count). The van der Waals surface area contributed by atoms with Crippen LogP contribution in [0, 0.1) is 0 Å². The van der Waals surface area contributed by atoms with Gasteiger partial charge in [-0.25, -0.2) is 4.79 Å². The Bertz CT molecular complexity index is 376. The normalized spacial score (nSPS) is 28.1. The Morgan fingerprint density at radius 2 is 1.89 bits per heavy atom. The third kappa shape index (κ3) is 2.40. The summed E-state index contributed by atoms with van der Waals surface area (Å²) in [4.78, 5) is 12.2. The smallest absolute Gasteiger partial charge is 0.465 e. The molecule has 0 atom stereocenters. The summed E-state index contributed by atoms with van der Waals surface area (Å²) < 4.78 is 11.7. The van der Waals surface area contributed by atoms with Crippen LogP contribution in [0.2, 0.25) is 0 Å². The van der Waals surface area contributed by atoms with E-state index in [4.69, 9.17) is 14.4 Å². The molecule has 0 aromatic rings. The van der Waals surface area contributed by atoms with Crippen LogP contribution in [0.4, 0.5) is 4.79 Å². The maximum Gasteiger partial charge on any atom is 0.487 e. The zero-order valence-corrected chi connectivity index (χ0v) is 11.4. The zero-order chi connectivity index (χ0) is 13.6. The summed E-state index contributed by atoms with van der Waals surface area (Å²) in [5, 5.41) is 8.89. The summed E-state index contributed by atoms with van der Waals surface area (Å²) in [6.45, 7) is 9.03. The lowest BCUT2D eigenvalue weighted by atomic mass is 9.87. The first-order valence-electron chi connectivity index (χ1n) is 6.24. The quantitative estimate of drug-likeness (QED) is 0.725. The molecule has 5 nitrogen and oxygen atoms in total. The van der Waals surface area contributed by atoms with Gasteiger partial charge in [-0.2, -0.15) is 0 Å². The molecule has 2 fully saturated rings. The maximum atomic E-state index is 10.8. The summed E-state index contributed by atoms with van der Waals surface area (Å²) in [5.41, 5.74) is 0.371. The molecule has 2 saturated heterocycles. The molecule has 2 heterocycles. The van der Waals surface area contributed by atoms with E-state index in [0.717, 1.165) is 12.0 Å². The first kappa shape index (κ1) is 13.4. The number of rotatable bonds is 1. The van der Waals surface area contributed by atoms with Crippen LogP contribution in [0.25, 0.3) is 0 Å². The van der Waals surface area contributed by atoms with Gasteiger partial charge in [0.05, 0.1) is 11.2 Å². The fourth-order valence-electron chi connectivity index (χ4n) is 2.13. The van der Waals surface area contributed by atoms with Crippen molar-refractivity contribution in [2.75, 3.05) is 13.1 Å². The summed E-state index contributed by atoms with van der Waals surface area (Å²) in [7, 11) is -0.376. The summed E-state index contributed by atoms with van der Waals surface area (Å²) in [6.07, 6.45) is -0.108. The minimum atomic E-state index is -0.868. The van der Waals surface area contributed by atoms with E-state index in [1.54, 1.807) is 0 Å². The van der Waals surface area contributed by atoms with Crippen molar-refractivity contribution in [3.05, 3.63) is 11.5 Å². The Morgan fingerprint density at radius 1 is 1.33 bits per heavy atom. The van der Waals surface area contributed by atoms with E-state index in [2.05, 4.69) is 0 Å². The first-order valence-corrected chi connectivity index (χ1v) is 6.24. The molecule has 18 heavy (non-hydrogen) atoms. The average Bonchev–Trinajstić information content (AvgIpc) is 2.70. The van der Waals surface area contributed by atoms with Crippen molar-refractivity contribution in [1.29, 1.82) is 0 Å². The predicted octanol–water partition coefficient (Wildman–Crippen LogP) is 1.93. The largest absolute Gasteiger partial charge is 0.487 e. The van der Waals surface area contributed by atoms with Gasteiger partial charge in [-0.05, 0) is 34.1 Å². The van der Waals surface area contributed by atoms with E-state index in [-0.39, 0.29) is 18.3 Å². The van der Waals surface area contributed by atoms with Crippen molar-refractivity contribution in [2.45, 2.75) is 45.3 Å². The van der Waals surface area contributed by atoms with Gasteiger partial charge in [0, 0.05) is 13.1 Å². The second-order valence-corrected chi connectivity index (χ2v) is 5.90. The minimum Gasteiger partial charge on any atom is -0.465 e. The number of hydrogen-bond acceptors (Lipinski definition) is 3. The van der Waals surface area contributed by atoms with Crippen LogP contribution in [-0.4, -0.2) is 47.5 Å². The lowest BCUT2D eigenvalue weighted by molar-refractivity contribution is 0.00578. The fourth-order valence-corrected chi connectivity index (χ4v) is 2.13. The van der Waals surface area contributed by atoms with E-state index >= 15 is 0 Å². The number of amides is 1. The van der Waals surface area contributed by atoms with Crippen molar-refractivity contribution in [1.82, 2.24) is 4.90 Å². The molecule has 1 amide bonds. The Kier molecular flexibility index (Phi) is 3.19. The van der Waals surface area contributed by atoms with Crippen molar-refractivity contribution in [3.8, 4) is 0 Å². The Balaban J connectivity index is 2.02. The number of hydrogen-bond donors (Lipinski definition) is 1. The number of likely N-dealkylation sites (tertiary alicyclic amines) is 1. The van der Waals surface area contributed by atoms with Crippen LogP contribution in [-0.2, 0) is 9.31 Å². The third-order valence-electron chi connectivity index (χ3n) is 4.01. The van der Waals surface area contributed by atoms with E-state index in [1.165, 1.54) is 4.90 Å². The molecule has 1 N–H and O–H groups in total. The number of carbonyl (C=O) groups is 1. The first-order chi connectivity index (χ1) is 8.21. The standard InChI is InChI=1S/C12H20BNO4/c1-11(2)12(3,4)18-13(17-11)7-9-5-6-14(8-9)10(15)16/h7H,5-6,8H2,1-4H3,(H,15,16)/b9-7-. The van der Waals surface area contributed by atoms with E-state index in [1.807, 2.05) is 33.7 Å². The second-order valence-electron chi connectivity index (χ2n) is 5.90. The highest BCUT2D eigenvalue weighted by Crippen LogP contribution is 2.37. The highest BCUT2D eigenvalue weighted by molar-refractivity contribution is 6.51. The summed E-state index contributed by atoms with van der Waals surface area (Å²) in [5.74, 6) is 1.92. The topological polar surface area (TPSA) is 59.0 Å².